The predicted molar refractivity (Wildman–Crippen MR) is 71.3 cm³/mol. The van der Waals surface area contributed by atoms with Gasteiger partial charge in [0.05, 0.1) is 11.5 Å². The average molecular weight is 303 g/mol. The van der Waals surface area contributed by atoms with Gasteiger partial charge in [-0.15, -0.1) is 0 Å². The second-order valence-electron chi connectivity index (χ2n) is 3.97. The number of methoxy groups -OCH3 is 1. The van der Waals surface area contributed by atoms with Crippen LogP contribution in [0.25, 0.3) is 0 Å². The average Bonchev–Trinajstić information content (AvgIpc) is 2.39. The van der Waals surface area contributed by atoms with E-state index >= 15 is 0 Å². The fourth-order valence-corrected chi connectivity index (χ4v) is 2.53. The minimum atomic E-state index is -3.80. The summed E-state index contributed by atoms with van der Waals surface area (Å²) in [5, 5.41) is 8.62. The van der Waals surface area contributed by atoms with Crippen molar-refractivity contribution >= 4 is 16.0 Å². The van der Waals surface area contributed by atoms with E-state index in [0.717, 1.165) is 4.31 Å². The molecule has 0 saturated heterocycles. The molecule has 0 saturated carbocycles. The Morgan fingerprint density at radius 3 is 2.35 bits per heavy atom. The van der Waals surface area contributed by atoms with Gasteiger partial charge in [0.25, 0.3) is 0 Å². The fraction of sp³-hybridized carbons (Fsp3) is 0.417. The summed E-state index contributed by atoms with van der Waals surface area (Å²) in [5.41, 5.74) is 0. The molecule has 0 heterocycles. The van der Waals surface area contributed by atoms with Crippen LogP contribution in [0.2, 0.25) is 0 Å². The molecule has 8 heteroatoms. The van der Waals surface area contributed by atoms with Crippen molar-refractivity contribution in [2.45, 2.75) is 4.90 Å². The summed E-state index contributed by atoms with van der Waals surface area (Å²) in [7, 11) is -1.04. The van der Waals surface area contributed by atoms with Gasteiger partial charge in [-0.1, -0.05) is 0 Å². The number of carboxylic acid groups (broad SMARTS) is 1. The van der Waals surface area contributed by atoms with Gasteiger partial charge in [0.1, 0.15) is 18.9 Å². The SMILES string of the molecule is COCCOc1ccc(S(=O)(=O)N(C)CC(=O)O)cc1. The normalized spacial score (nSPS) is 11.6. The third-order valence-electron chi connectivity index (χ3n) is 2.45. The summed E-state index contributed by atoms with van der Waals surface area (Å²) in [6, 6.07) is 5.76. The smallest absolute Gasteiger partial charge is 0.318 e. The number of carbonyl (C=O) groups is 1. The van der Waals surface area contributed by atoms with Crippen molar-refractivity contribution in [2.24, 2.45) is 0 Å². The number of ether oxygens (including phenoxy) is 2. The number of aliphatic carboxylic acids is 1. The number of carboxylic acids is 1. The van der Waals surface area contributed by atoms with Crippen molar-refractivity contribution in [3.05, 3.63) is 24.3 Å². The third kappa shape index (κ3) is 4.48. The van der Waals surface area contributed by atoms with Crippen LogP contribution in [0.3, 0.4) is 0 Å². The molecule has 0 aromatic heterocycles. The fourth-order valence-electron chi connectivity index (χ4n) is 1.41. The lowest BCUT2D eigenvalue weighted by atomic mass is 10.3. The van der Waals surface area contributed by atoms with E-state index in [1.54, 1.807) is 7.11 Å². The van der Waals surface area contributed by atoms with Gasteiger partial charge in [0, 0.05) is 14.2 Å². The largest absolute Gasteiger partial charge is 0.491 e. The van der Waals surface area contributed by atoms with E-state index < -0.39 is 22.5 Å². The number of benzene rings is 1. The molecule has 0 aliphatic carbocycles. The van der Waals surface area contributed by atoms with Gasteiger partial charge in [-0.25, -0.2) is 8.42 Å². The van der Waals surface area contributed by atoms with Gasteiger partial charge in [0.2, 0.25) is 10.0 Å². The molecule has 1 aromatic rings. The van der Waals surface area contributed by atoms with E-state index in [4.69, 9.17) is 14.6 Å². The van der Waals surface area contributed by atoms with Crippen LogP contribution in [0.15, 0.2) is 29.2 Å². The van der Waals surface area contributed by atoms with Gasteiger partial charge in [-0.2, -0.15) is 4.31 Å². The van der Waals surface area contributed by atoms with Crippen LogP contribution in [-0.2, 0) is 19.6 Å². The number of likely N-dealkylation sites (N-methyl/N-ethyl adjacent to an activating group) is 1. The molecule has 112 valence electrons. The van der Waals surface area contributed by atoms with E-state index in [-0.39, 0.29) is 4.90 Å². The van der Waals surface area contributed by atoms with Crippen molar-refractivity contribution < 1.29 is 27.8 Å². The van der Waals surface area contributed by atoms with Crippen molar-refractivity contribution in [1.29, 1.82) is 0 Å². The lowest BCUT2D eigenvalue weighted by Gasteiger charge is -2.15. The van der Waals surface area contributed by atoms with Crippen LogP contribution in [0.5, 0.6) is 5.75 Å². The molecule has 7 nitrogen and oxygen atoms in total. The Hall–Kier alpha value is -1.64. The van der Waals surface area contributed by atoms with Gasteiger partial charge in [0.15, 0.2) is 0 Å². The maximum absolute atomic E-state index is 12.0. The standard InChI is InChI=1S/C12H17NO6S/c1-13(9-12(14)15)20(16,17)11-5-3-10(4-6-11)19-8-7-18-2/h3-6H,7-9H2,1-2H3,(H,14,15). The van der Waals surface area contributed by atoms with Gasteiger partial charge >= 0.3 is 5.97 Å². The lowest BCUT2D eigenvalue weighted by molar-refractivity contribution is -0.137. The maximum Gasteiger partial charge on any atom is 0.318 e. The summed E-state index contributed by atoms with van der Waals surface area (Å²) in [4.78, 5) is 10.6. The predicted octanol–water partition coefficient (Wildman–Crippen LogP) is 0.417. The highest BCUT2D eigenvalue weighted by Crippen LogP contribution is 2.18. The maximum atomic E-state index is 12.0. The van der Waals surface area contributed by atoms with E-state index in [0.29, 0.717) is 19.0 Å². The first kappa shape index (κ1) is 16.4. The molecule has 0 atom stereocenters. The van der Waals surface area contributed by atoms with Gasteiger partial charge in [-0.3, -0.25) is 4.79 Å². The van der Waals surface area contributed by atoms with E-state index in [9.17, 15) is 13.2 Å². The number of hydrogen-bond donors (Lipinski definition) is 1. The molecule has 0 aliphatic heterocycles. The van der Waals surface area contributed by atoms with E-state index in [1.807, 2.05) is 0 Å². The molecule has 0 amide bonds. The molecule has 0 bridgehead atoms. The zero-order chi connectivity index (χ0) is 15.2. The van der Waals surface area contributed by atoms with Crippen LogP contribution in [-0.4, -0.2) is 57.7 Å². The summed E-state index contributed by atoms with van der Waals surface area (Å²) in [6.45, 7) is 0.206. The highest BCUT2D eigenvalue weighted by molar-refractivity contribution is 7.89. The van der Waals surface area contributed by atoms with Crippen molar-refractivity contribution in [2.75, 3.05) is 33.9 Å². The molecule has 0 fully saturated rings. The number of hydrogen-bond acceptors (Lipinski definition) is 5. The Morgan fingerprint density at radius 2 is 1.85 bits per heavy atom. The minimum Gasteiger partial charge on any atom is -0.491 e. The van der Waals surface area contributed by atoms with Crippen LogP contribution >= 0.6 is 0 Å². The van der Waals surface area contributed by atoms with Crippen molar-refractivity contribution in [3.8, 4) is 5.75 Å². The summed E-state index contributed by atoms with van der Waals surface area (Å²) >= 11 is 0. The van der Waals surface area contributed by atoms with Crippen molar-refractivity contribution in [3.63, 3.8) is 0 Å². The highest BCUT2D eigenvalue weighted by Gasteiger charge is 2.22. The van der Waals surface area contributed by atoms with Crippen molar-refractivity contribution in [1.82, 2.24) is 4.31 Å². The van der Waals surface area contributed by atoms with Crippen LogP contribution in [0.1, 0.15) is 0 Å². The monoisotopic (exact) mass is 303 g/mol. The summed E-state index contributed by atoms with van der Waals surface area (Å²) < 4.78 is 35.0. The molecule has 1 N–H and O–H groups in total. The van der Waals surface area contributed by atoms with E-state index in [2.05, 4.69) is 0 Å². The number of sulfonamides is 1. The number of nitrogens with zero attached hydrogens (tertiary/aromatic N) is 1. The minimum absolute atomic E-state index is 0.0142. The topological polar surface area (TPSA) is 93.1 Å². The Balaban J connectivity index is 2.79. The highest BCUT2D eigenvalue weighted by atomic mass is 32.2. The van der Waals surface area contributed by atoms with Gasteiger partial charge < -0.3 is 14.6 Å². The molecule has 20 heavy (non-hydrogen) atoms. The van der Waals surface area contributed by atoms with Crippen LogP contribution < -0.4 is 4.74 Å². The third-order valence-corrected chi connectivity index (χ3v) is 4.26. The second-order valence-corrected chi connectivity index (χ2v) is 6.01. The second kappa shape index (κ2) is 7.22. The van der Waals surface area contributed by atoms with Gasteiger partial charge in [-0.05, 0) is 24.3 Å². The molecular weight excluding hydrogens is 286 g/mol. The lowest BCUT2D eigenvalue weighted by Crippen LogP contribution is -2.31. The first-order valence-corrected chi connectivity index (χ1v) is 7.22. The Kier molecular flexibility index (Phi) is 5.93. The molecule has 1 rings (SSSR count). The number of rotatable bonds is 8. The van der Waals surface area contributed by atoms with Crippen LogP contribution in [0, 0.1) is 0 Å². The Labute approximate surface area is 117 Å². The molecule has 1 aromatic carbocycles. The van der Waals surface area contributed by atoms with Crippen LogP contribution in [0.4, 0.5) is 0 Å². The zero-order valence-corrected chi connectivity index (χ0v) is 12.1. The Bertz CT molecular complexity index is 540. The molecule has 0 aliphatic rings. The molecule has 0 unspecified atom stereocenters. The zero-order valence-electron chi connectivity index (χ0n) is 11.3. The molecular formula is C12H17NO6S. The first-order chi connectivity index (χ1) is 9.37. The quantitative estimate of drug-likeness (QED) is 0.699. The summed E-state index contributed by atoms with van der Waals surface area (Å²) in [5.74, 6) is -0.697. The van der Waals surface area contributed by atoms with E-state index in [1.165, 1.54) is 31.3 Å². The molecule has 0 radical (unpaired) electrons. The Morgan fingerprint density at radius 1 is 1.25 bits per heavy atom. The molecule has 0 spiro atoms. The first-order valence-electron chi connectivity index (χ1n) is 5.78. The summed E-state index contributed by atoms with van der Waals surface area (Å²) in [6.07, 6.45) is 0.